The molecule has 2 amide bonds. The van der Waals surface area contributed by atoms with E-state index in [-0.39, 0.29) is 10.1 Å². The average Bonchev–Trinajstić information content (AvgIpc) is 4.00. The number of nitrogens with zero attached hydrogens (tertiary/aromatic N) is 9. The summed E-state index contributed by atoms with van der Waals surface area (Å²) in [6, 6.07) is 17.2. The van der Waals surface area contributed by atoms with Gasteiger partial charge in [0, 0.05) is 76.0 Å². The molecule has 2 aromatic carbocycles. The fourth-order valence-electron chi connectivity index (χ4n) is 7.23. The Labute approximate surface area is 382 Å². The van der Waals surface area contributed by atoms with Gasteiger partial charge in [0.1, 0.15) is 0 Å². The summed E-state index contributed by atoms with van der Waals surface area (Å²) in [6.07, 6.45) is 13.6. The highest BCUT2D eigenvalue weighted by molar-refractivity contribution is 7.90. The molecule has 0 fully saturated rings. The highest BCUT2D eigenvalue weighted by atomic mass is 32.2. The second-order valence-electron chi connectivity index (χ2n) is 15.2. The quantitative estimate of drug-likeness (QED) is 0.114. The van der Waals surface area contributed by atoms with Crippen LogP contribution in [0.4, 0.5) is 27.5 Å². The van der Waals surface area contributed by atoms with E-state index in [4.69, 9.17) is 14.6 Å². The Morgan fingerprint density at radius 3 is 1.77 bits per heavy atom. The van der Waals surface area contributed by atoms with Crippen LogP contribution in [0, 0.1) is 0 Å². The number of amides is 2. The topological polar surface area (TPSA) is 267 Å². The van der Waals surface area contributed by atoms with Crippen molar-refractivity contribution in [2.24, 2.45) is 10.1 Å². The highest BCUT2D eigenvalue weighted by Crippen LogP contribution is 2.40. The van der Waals surface area contributed by atoms with E-state index in [0.717, 1.165) is 77.6 Å². The normalized spacial score (nSPS) is 12.4. The fourth-order valence-corrected chi connectivity index (χ4v) is 8.50. The van der Waals surface area contributed by atoms with Crippen molar-refractivity contribution in [3.8, 4) is 34.0 Å². The summed E-state index contributed by atoms with van der Waals surface area (Å²) in [5.41, 5.74) is 10.5. The Morgan fingerprint density at radius 2 is 1.23 bits per heavy atom. The zero-order valence-electron chi connectivity index (χ0n) is 37.0. The van der Waals surface area contributed by atoms with E-state index in [0.29, 0.717) is 28.8 Å². The number of aromatic nitrogens is 6. The third-order valence-electron chi connectivity index (χ3n) is 10.5. The number of isocyanates is 1. The maximum Gasteiger partial charge on any atom is 0.333 e. The van der Waals surface area contributed by atoms with E-state index >= 15 is 0 Å². The zero-order chi connectivity index (χ0) is 47.6. The number of fused-ring (bicyclic) bond motifs is 2. The Morgan fingerprint density at radius 1 is 0.712 bits per heavy atom. The number of sulfonamides is 2. The van der Waals surface area contributed by atoms with Crippen LogP contribution in [0.1, 0.15) is 35.1 Å². The van der Waals surface area contributed by atoms with E-state index < -0.39 is 26.1 Å². The standard InChI is InChI=1S/C22H24N6O4S.C16H14N2O2.C6H10N4O2S/c1-28(2)16-12-20(26-24-13-16)33(30,31)27-22(29)25-21-17-6-4-5-14(17)7-8-18(21)15-9-10-23-19(11-15)32-3;1-20-15-9-12(7-8-17-15)14-6-5-11-3-2-4-13(11)16(14)18-10-19;1-10(2)5-3-6(9-8-4-5)13(7,11)12/h7-13H,4-6H2,1-3H3,(H2,25,27,29);5-9H,2-4H2,1H3;3-4H,1-2H3,(H2,7,11,12). The van der Waals surface area contributed by atoms with Crippen LogP contribution in [0.5, 0.6) is 11.8 Å². The number of rotatable bonds is 11. The van der Waals surface area contributed by atoms with Gasteiger partial charge in [-0.15, -0.1) is 10.2 Å². The number of nitrogens with one attached hydrogen (secondary N) is 2. The Kier molecular flexibility index (Phi) is 15.3. The molecular formula is C44H48N12O8S2. The van der Waals surface area contributed by atoms with Gasteiger partial charge >= 0.3 is 6.03 Å². The molecule has 6 aromatic rings. The Bertz CT molecular complexity index is 3020. The minimum atomic E-state index is -4.23. The van der Waals surface area contributed by atoms with Crippen molar-refractivity contribution in [2.75, 3.05) is 57.5 Å². The SMILES string of the molecule is CN(C)c1cnnc(S(N)(=O)=O)c1.COc1cc(-c2ccc3c(c2N=C=O)CCC3)ccn1.COc1cc(-c2ccc3c(c2NC(=O)NS(=O)(=O)c2cc(N(C)C)cnn2)CCC3)ccn1. The van der Waals surface area contributed by atoms with Crippen LogP contribution in [-0.2, 0) is 50.5 Å². The second-order valence-corrected chi connectivity index (χ2v) is 18.3. The minimum Gasteiger partial charge on any atom is -0.481 e. The summed E-state index contributed by atoms with van der Waals surface area (Å²) in [5.74, 6) is 0.981. The number of anilines is 3. The lowest BCUT2D eigenvalue weighted by molar-refractivity contribution is 0.256. The lowest BCUT2D eigenvalue weighted by Gasteiger charge is -2.17. The molecule has 2 aliphatic rings. The number of methoxy groups -OCH3 is 2. The smallest absolute Gasteiger partial charge is 0.333 e. The number of nitrogens with two attached hydrogens (primary N) is 1. The Balaban J connectivity index is 0.000000184. The maximum absolute atomic E-state index is 12.8. The molecule has 344 valence electrons. The van der Waals surface area contributed by atoms with E-state index in [9.17, 15) is 26.4 Å². The van der Waals surface area contributed by atoms with Gasteiger partial charge in [0.2, 0.25) is 17.8 Å². The minimum absolute atomic E-state index is 0.223. The number of carbonyl (C=O) groups excluding carboxylic acids is 2. The van der Waals surface area contributed by atoms with Crippen molar-refractivity contribution in [1.29, 1.82) is 0 Å². The van der Waals surface area contributed by atoms with Crippen LogP contribution in [0.2, 0.25) is 0 Å². The van der Waals surface area contributed by atoms with Crippen LogP contribution in [0.3, 0.4) is 0 Å². The van der Waals surface area contributed by atoms with Crippen molar-refractivity contribution < 1.29 is 35.9 Å². The first-order chi connectivity index (χ1) is 31.5. The summed E-state index contributed by atoms with van der Waals surface area (Å²) < 4.78 is 59.7. The molecule has 4 aromatic heterocycles. The third kappa shape index (κ3) is 11.6. The largest absolute Gasteiger partial charge is 0.481 e. The Hall–Kier alpha value is -7.39. The number of pyridine rings is 2. The van der Waals surface area contributed by atoms with E-state index in [2.05, 4.69) is 46.7 Å². The molecule has 0 radical (unpaired) electrons. The molecule has 0 saturated carbocycles. The van der Waals surface area contributed by atoms with Crippen LogP contribution < -0.4 is 34.5 Å². The van der Waals surface area contributed by atoms with Crippen molar-refractivity contribution in [1.82, 2.24) is 35.1 Å². The molecule has 2 aliphatic carbocycles. The molecule has 20 nitrogen and oxygen atoms in total. The predicted octanol–water partition coefficient (Wildman–Crippen LogP) is 5.02. The number of hydrogen-bond donors (Lipinski definition) is 3. The molecule has 0 spiro atoms. The number of ether oxygens (including phenoxy) is 2. The highest BCUT2D eigenvalue weighted by Gasteiger charge is 2.25. The van der Waals surface area contributed by atoms with Crippen LogP contribution in [0.15, 0.2) is 100 Å². The van der Waals surface area contributed by atoms with Gasteiger partial charge < -0.3 is 24.6 Å². The van der Waals surface area contributed by atoms with Crippen molar-refractivity contribution in [2.45, 2.75) is 48.6 Å². The van der Waals surface area contributed by atoms with Gasteiger partial charge in [-0.2, -0.15) is 23.6 Å². The number of carbonyl (C=O) groups is 1. The van der Waals surface area contributed by atoms with E-state index in [1.54, 1.807) is 75.7 Å². The zero-order valence-corrected chi connectivity index (χ0v) is 38.6. The first-order valence-corrected chi connectivity index (χ1v) is 23.3. The van der Waals surface area contributed by atoms with E-state index in [1.165, 1.54) is 42.8 Å². The fraction of sp³-hybridized carbons (Fsp3) is 0.273. The molecule has 0 bridgehead atoms. The number of primary sulfonamides is 1. The molecular weight excluding hydrogens is 889 g/mol. The maximum atomic E-state index is 12.8. The van der Waals surface area contributed by atoms with Gasteiger partial charge in [0.25, 0.3) is 20.0 Å². The first kappa shape index (κ1) is 48.1. The van der Waals surface area contributed by atoms with Crippen LogP contribution >= 0.6 is 0 Å². The first-order valence-electron chi connectivity index (χ1n) is 20.3. The molecule has 8 rings (SSSR count). The molecule has 0 aliphatic heterocycles. The molecule has 4 N–H and O–H groups in total. The van der Waals surface area contributed by atoms with Gasteiger partial charge in [-0.1, -0.05) is 24.3 Å². The lowest BCUT2D eigenvalue weighted by Crippen LogP contribution is -2.35. The third-order valence-corrected chi connectivity index (χ3v) is 12.5. The summed E-state index contributed by atoms with van der Waals surface area (Å²) in [7, 11) is 2.16. The van der Waals surface area contributed by atoms with Crippen molar-refractivity contribution >= 4 is 54.9 Å². The predicted molar refractivity (Wildman–Crippen MR) is 248 cm³/mol. The number of aliphatic imine (C=N–C) groups is 1. The molecule has 4 heterocycles. The van der Waals surface area contributed by atoms with Gasteiger partial charge in [-0.05, 0) is 84.0 Å². The van der Waals surface area contributed by atoms with Crippen LogP contribution in [0.25, 0.3) is 22.3 Å². The van der Waals surface area contributed by atoms with Crippen LogP contribution in [-0.4, -0.2) is 102 Å². The molecule has 0 unspecified atom stereocenters. The average molecular weight is 937 g/mol. The van der Waals surface area contributed by atoms with Gasteiger partial charge in [0.05, 0.1) is 49.4 Å². The molecule has 0 saturated heterocycles. The van der Waals surface area contributed by atoms with E-state index in [1.807, 2.05) is 35.1 Å². The lowest BCUT2D eigenvalue weighted by atomic mass is 9.98. The summed E-state index contributed by atoms with van der Waals surface area (Å²) in [4.78, 5) is 39.2. The van der Waals surface area contributed by atoms with Crippen molar-refractivity contribution in [3.63, 3.8) is 0 Å². The summed E-state index contributed by atoms with van der Waals surface area (Å²) in [5, 5.41) is 21.4. The molecule has 22 heteroatoms. The molecule has 66 heavy (non-hydrogen) atoms. The molecule has 0 atom stereocenters. The monoisotopic (exact) mass is 936 g/mol. The summed E-state index contributed by atoms with van der Waals surface area (Å²) in [6.45, 7) is 0. The number of urea groups is 1. The number of benzene rings is 2. The van der Waals surface area contributed by atoms with Crippen molar-refractivity contribution in [3.05, 3.63) is 108 Å². The van der Waals surface area contributed by atoms with Gasteiger partial charge in [-0.25, -0.2) is 37.8 Å². The van der Waals surface area contributed by atoms with Gasteiger partial charge in [0.15, 0.2) is 10.1 Å². The summed E-state index contributed by atoms with van der Waals surface area (Å²) >= 11 is 0. The second kappa shape index (κ2) is 21.1. The van der Waals surface area contributed by atoms with Gasteiger partial charge in [-0.3, -0.25) is 0 Å². The number of hydrogen-bond acceptors (Lipinski definition) is 17. The number of aryl methyl sites for hydroxylation is 2.